The van der Waals surface area contributed by atoms with Gasteiger partial charge in [-0.1, -0.05) is 60.4 Å². The summed E-state index contributed by atoms with van der Waals surface area (Å²) in [5, 5.41) is 0. The molecule has 0 fully saturated rings. The van der Waals surface area contributed by atoms with Crippen molar-refractivity contribution in [1.82, 2.24) is 0 Å². The van der Waals surface area contributed by atoms with Crippen molar-refractivity contribution < 1.29 is 9.59 Å². The van der Waals surface area contributed by atoms with Crippen LogP contribution >= 0.6 is 0 Å². The third kappa shape index (κ3) is 3.36. The molecule has 0 saturated carbocycles. The largest absolute Gasteiger partial charge is 0.291 e. The molecule has 0 N–H and O–H groups in total. The number of carbonyl (C=O) groups excluding carboxylic acids is 2. The van der Waals surface area contributed by atoms with Gasteiger partial charge in [-0.15, -0.1) is 0 Å². The fourth-order valence-corrected chi connectivity index (χ4v) is 2.95. The van der Waals surface area contributed by atoms with Gasteiger partial charge in [-0.25, -0.2) is 0 Å². The Kier molecular flexibility index (Phi) is 4.72. The minimum Gasteiger partial charge on any atom is -0.291 e. The number of rotatable bonds is 3. The SMILES string of the molecule is CC(=O)C(=O)C1=C(C#Cc2ccccc2-c2ccccc2)CCC1. The van der Waals surface area contributed by atoms with Crippen LogP contribution in [0.4, 0.5) is 0 Å². The van der Waals surface area contributed by atoms with E-state index >= 15 is 0 Å². The molecule has 1 aliphatic rings. The molecule has 24 heavy (non-hydrogen) atoms. The van der Waals surface area contributed by atoms with Gasteiger partial charge in [0, 0.05) is 23.6 Å². The maximum absolute atomic E-state index is 12.0. The summed E-state index contributed by atoms with van der Waals surface area (Å²) in [4.78, 5) is 23.3. The summed E-state index contributed by atoms with van der Waals surface area (Å²) in [6, 6.07) is 18.1. The fourth-order valence-electron chi connectivity index (χ4n) is 2.95. The molecule has 0 atom stereocenters. The van der Waals surface area contributed by atoms with Crippen LogP contribution in [0, 0.1) is 11.8 Å². The van der Waals surface area contributed by atoms with E-state index in [-0.39, 0.29) is 5.78 Å². The first-order valence-corrected chi connectivity index (χ1v) is 8.10. The molecular formula is C22H18O2. The molecule has 0 amide bonds. The summed E-state index contributed by atoms with van der Waals surface area (Å²) in [7, 11) is 0. The summed E-state index contributed by atoms with van der Waals surface area (Å²) in [5.41, 5.74) is 4.54. The van der Waals surface area contributed by atoms with Gasteiger partial charge >= 0.3 is 0 Å². The monoisotopic (exact) mass is 314 g/mol. The molecule has 0 aliphatic heterocycles. The number of carbonyl (C=O) groups is 2. The standard InChI is InChI=1S/C22H18O2/c1-16(23)22(24)21-13-7-11-19(21)15-14-18-10-5-6-12-20(18)17-8-3-2-4-9-17/h2-6,8-10,12H,7,11,13H2,1H3. The lowest BCUT2D eigenvalue weighted by Crippen LogP contribution is -2.12. The van der Waals surface area contributed by atoms with Crippen molar-refractivity contribution in [3.63, 3.8) is 0 Å². The molecule has 2 aromatic rings. The molecule has 0 heterocycles. The summed E-state index contributed by atoms with van der Waals surface area (Å²) in [6.07, 6.45) is 2.32. The van der Waals surface area contributed by atoms with E-state index in [1.54, 1.807) is 0 Å². The fraction of sp³-hybridized carbons (Fsp3) is 0.182. The first-order chi connectivity index (χ1) is 11.7. The second kappa shape index (κ2) is 7.10. The van der Waals surface area contributed by atoms with Gasteiger partial charge in [0.25, 0.3) is 0 Å². The number of hydrogen-bond donors (Lipinski definition) is 0. The Bertz CT molecular complexity index is 877. The van der Waals surface area contributed by atoms with Crippen molar-refractivity contribution in [1.29, 1.82) is 0 Å². The number of ketones is 2. The summed E-state index contributed by atoms with van der Waals surface area (Å²) < 4.78 is 0. The lowest BCUT2D eigenvalue weighted by molar-refractivity contribution is -0.133. The van der Waals surface area contributed by atoms with E-state index in [9.17, 15) is 9.59 Å². The van der Waals surface area contributed by atoms with Crippen LogP contribution < -0.4 is 0 Å². The highest BCUT2D eigenvalue weighted by Crippen LogP contribution is 2.27. The van der Waals surface area contributed by atoms with Gasteiger partial charge in [0.15, 0.2) is 5.78 Å². The van der Waals surface area contributed by atoms with E-state index in [4.69, 9.17) is 0 Å². The maximum Gasteiger partial charge on any atom is 0.225 e. The zero-order valence-corrected chi connectivity index (χ0v) is 13.6. The van der Waals surface area contributed by atoms with Crippen molar-refractivity contribution in [2.45, 2.75) is 26.2 Å². The molecule has 1 aliphatic carbocycles. The molecule has 0 spiro atoms. The van der Waals surface area contributed by atoms with Crippen LogP contribution in [0.5, 0.6) is 0 Å². The zero-order valence-electron chi connectivity index (χ0n) is 13.6. The van der Waals surface area contributed by atoms with Crippen LogP contribution in [0.25, 0.3) is 11.1 Å². The van der Waals surface area contributed by atoms with Gasteiger partial charge in [0.05, 0.1) is 0 Å². The average molecular weight is 314 g/mol. The minimum absolute atomic E-state index is 0.381. The van der Waals surface area contributed by atoms with Crippen LogP contribution in [0.15, 0.2) is 65.7 Å². The van der Waals surface area contributed by atoms with Crippen molar-refractivity contribution in [3.05, 3.63) is 71.3 Å². The Balaban J connectivity index is 1.99. The van der Waals surface area contributed by atoms with Crippen LogP contribution in [-0.4, -0.2) is 11.6 Å². The van der Waals surface area contributed by atoms with Crippen molar-refractivity contribution in [2.24, 2.45) is 0 Å². The molecule has 2 aromatic carbocycles. The summed E-state index contributed by atoms with van der Waals surface area (Å²) >= 11 is 0. The highest BCUT2D eigenvalue weighted by Gasteiger charge is 2.22. The van der Waals surface area contributed by atoms with E-state index in [0.29, 0.717) is 12.0 Å². The van der Waals surface area contributed by atoms with Crippen LogP contribution in [-0.2, 0) is 9.59 Å². The number of allylic oxidation sites excluding steroid dienone is 2. The van der Waals surface area contributed by atoms with Crippen molar-refractivity contribution in [3.8, 4) is 23.0 Å². The third-order valence-electron chi connectivity index (χ3n) is 4.17. The minimum atomic E-state index is -0.407. The zero-order chi connectivity index (χ0) is 16.9. The second-order valence-electron chi connectivity index (χ2n) is 5.86. The molecule has 3 rings (SSSR count). The van der Waals surface area contributed by atoms with Gasteiger partial charge in [-0.2, -0.15) is 0 Å². The number of benzene rings is 2. The van der Waals surface area contributed by atoms with E-state index in [2.05, 4.69) is 24.0 Å². The Morgan fingerprint density at radius 3 is 2.33 bits per heavy atom. The highest BCUT2D eigenvalue weighted by atomic mass is 16.2. The predicted octanol–water partition coefficient (Wildman–Crippen LogP) is 4.34. The first kappa shape index (κ1) is 16.0. The quantitative estimate of drug-likeness (QED) is 0.624. The molecule has 0 unspecified atom stereocenters. The van der Waals surface area contributed by atoms with Crippen LogP contribution in [0.2, 0.25) is 0 Å². The van der Waals surface area contributed by atoms with Gasteiger partial charge in [-0.05, 0) is 36.5 Å². The van der Waals surface area contributed by atoms with Gasteiger partial charge in [-0.3, -0.25) is 9.59 Å². The van der Waals surface area contributed by atoms with E-state index < -0.39 is 5.78 Å². The normalized spacial score (nSPS) is 13.4. The molecule has 2 heteroatoms. The summed E-state index contributed by atoms with van der Waals surface area (Å²) in [5.74, 6) is 5.57. The Morgan fingerprint density at radius 2 is 1.58 bits per heavy atom. The van der Waals surface area contributed by atoms with Gasteiger partial charge < -0.3 is 0 Å². The van der Waals surface area contributed by atoms with Crippen molar-refractivity contribution in [2.75, 3.05) is 0 Å². The lowest BCUT2D eigenvalue weighted by atomic mass is 9.99. The third-order valence-corrected chi connectivity index (χ3v) is 4.17. The van der Waals surface area contributed by atoms with Crippen LogP contribution in [0.1, 0.15) is 31.7 Å². The highest BCUT2D eigenvalue weighted by molar-refractivity contribution is 6.43. The molecule has 0 bridgehead atoms. The van der Waals surface area contributed by atoms with Gasteiger partial charge in [0.2, 0.25) is 5.78 Å². The molecule has 0 saturated heterocycles. The average Bonchev–Trinajstić information content (AvgIpc) is 3.08. The first-order valence-electron chi connectivity index (χ1n) is 8.10. The molecule has 2 nitrogen and oxygen atoms in total. The Morgan fingerprint density at radius 1 is 0.875 bits per heavy atom. The molecule has 0 aromatic heterocycles. The van der Waals surface area contributed by atoms with Gasteiger partial charge in [0.1, 0.15) is 0 Å². The Hall–Kier alpha value is -2.92. The second-order valence-corrected chi connectivity index (χ2v) is 5.86. The van der Waals surface area contributed by atoms with E-state index in [1.165, 1.54) is 6.92 Å². The van der Waals surface area contributed by atoms with E-state index in [0.717, 1.165) is 35.1 Å². The molecule has 118 valence electrons. The van der Waals surface area contributed by atoms with Crippen molar-refractivity contribution >= 4 is 11.6 Å². The van der Waals surface area contributed by atoms with Crippen LogP contribution in [0.3, 0.4) is 0 Å². The topological polar surface area (TPSA) is 34.1 Å². The predicted molar refractivity (Wildman–Crippen MR) is 95.3 cm³/mol. The molecular weight excluding hydrogens is 296 g/mol. The number of Topliss-reactive ketones (excluding diaryl/α,β-unsaturated/α-hetero) is 2. The summed E-state index contributed by atoms with van der Waals surface area (Å²) in [6.45, 7) is 1.32. The maximum atomic E-state index is 12.0. The number of hydrogen-bond acceptors (Lipinski definition) is 2. The van der Waals surface area contributed by atoms with E-state index in [1.807, 2.05) is 42.5 Å². The smallest absolute Gasteiger partial charge is 0.225 e. The molecule has 0 radical (unpaired) electrons. The Labute approximate surface area is 142 Å². The lowest BCUT2D eigenvalue weighted by Gasteiger charge is -2.04.